The van der Waals surface area contributed by atoms with Crippen molar-refractivity contribution in [2.24, 2.45) is 0 Å². The number of hydrogen-bond acceptors (Lipinski definition) is 4. The van der Waals surface area contributed by atoms with Crippen molar-refractivity contribution in [1.82, 2.24) is 9.88 Å². The van der Waals surface area contributed by atoms with Crippen LogP contribution in [0.3, 0.4) is 0 Å². The third kappa shape index (κ3) is 4.18. The Kier molecular flexibility index (Phi) is 5.16. The van der Waals surface area contributed by atoms with Gasteiger partial charge in [0.25, 0.3) is 0 Å². The normalized spacial score (nSPS) is 24.4. The molecule has 4 nitrogen and oxygen atoms in total. The number of nitrogens with one attached hydrogen (secondary N) is 1. The summed E-state index contributed by atoms with van der Waals surface area (Å²) < 4.78 is 5.66. The minimum absolute atomic E-state index is 0.317. The quantitative estimate of drug-likeness (QED) is 0.885. The molecule has 2 unspecified atom stereocenters. The maximum absolute atomic E-state index is 5.66. The fourth-order valence-electron chi connectivity index (χ4n) is 2.34. The zero-order valence-corrected chi connectivity index (χ0v) is 12.2. The Morgan fingerprint density at radius 3 is 3.11 bits per heavy atom. The van der Waals surface area contributed by atoms with Crippen molar-refractivity contribution >= 4 is 5.69 Å². The molecule has 1 aromatic rings. The molecule has 1 aliphatic rings. The fraction of sp³-hybridized carbons (Fsp3) is 0.667. The number of nitrogens with zero attached hydrogens (tertiary/aromatic N) is 2. The van der Waals surface area contributed by atoms with Gasteiger partial charge in [0.15, 0.2) is 0 Å². The van der Waals surface area contributed by atoms with Gasteiger partial charge >= 0.3 is 0 Å². The smallest absolute Gasteiger partial charge is 0.0674 e. The molecule has 0 spiro atoms. The lowest BCUT2D eigenvalue weighted by Crippen LogP contribution is -2.46. The van der Waals surface area contributed by atoms with E-state index in [1.165, 1.54) is 5.69 Å². The third-order valence-electron chi connectivity index (χ3n) is 3.50. The largest absolute Gasteiger partial charge is 0.385 e. The van der Waals surface area contributed by atoms with Crippen LogP contribution in [-0.4, -0.2) is 41.7 Å². The van der Waals surface area contributed by atoms with Crippen molar-refractivity contribution in [3.63, 3.8) is 0 Å². The summed E-state index contributed by atoms with van der Waals surface area (Å²) in [5, 5.41) is 3.41. The van der Waals surface area contributed by atoms with Crippen molar-refractivity contribution in [2.75, 3.05) is 25.0 Å². The molecule has 2 rings (SSSR count). The number of pyridine rings is 1. The van der Waals surface area contributed by atoms with Gasteiger partial charge in [0.1, 0.15) is 0 Å². The summed E-state index contributed by atoms with van der Waals surface area (Å²) in [6.45, 7) is 10.2. The maximum atomic E-state index is 5.66. The first-order chi connectivity index (χ1) is 9.19. The molecule has 0 radical (unpaired) electrons. The average molecular weight is 263 g/mol. The molecule has 2 heterocycles. The molecule has 19 heavy (non-hydrogen) atoms. The lowest BCUT2D eigenvalue weighted by molar-refractivity contribution is -0.0530. The number of rotatable bonds is 5. The molecule has 2 atom stereocenters. The lowest BCUT2D eigenvalue weighted by atomic mass is 10.2. The summed E-state index contributed by atoms with van der Waals surface area (Å²) in [5.41, 5.74) is 2.29. The average Bonchev–Trinajstić information content (AvgIpc) is 2.41. The molecule has 1 fully saturated rings. The summed E-state index contributed by atoms with van der Waals surface area (Å²) >= 11 is 0. The first-order valence-electron chi connectivity index (χ1n) is 7.23. The first-order valence-corrected chi connectivity index (χ1v) is 7.23. The Labute approximate surface area is 116 Å². The van der Waals surface area contributed by atoms with E-state index in [9.17, 15) is 0 Å². The molecular formula is C15H25N3O. The Hall–Kier alpha value is -1.13. The topological polar surface area (TPSA) is 37.4 Å². The van der Waals surface area contributed by atoms with E-state index in [1.54, 1.807) is 0 Å². The molecule has 4 heteroatoms. The number of hydrogen-bond donors (Lipinski definition) is 1. The summed E-state index contributed by atoms with van der Waals surface area (Å²) in [4.78, 5) is 6.92. The van der Waals surface area contributed by atoms with E-state index in [0.717, 1.165) is 38.4 Å². The predicted octanol–water partition coefficient (Wildman–Crippen LogP) is 2.51. The highest BCUT2D eigenvalue weighted by Crippen LogP contribution is 2.16. The minimum atomic E-state index is 0.317. The second-order valence-corrected chi connectivity index (χ2v) is 5.39. The van der Waals surface area contributed by atoms with Crippen LogP contribution in [0, 0.1) is 0 Å². The van der Waals surface area contributed by atoms with E-state index >= 15 is 0 Å². The third-order valence-corrected chi connectivity index (χ3v) is 3.50. The number of anilines is 1. The lowest BCUT2D eigenvalue weighted by Gasteiger charge is -2.36. The Morgan fingerprint density at radius 2 is 2.32 bits per heavy atom. The molecule has 1 aliphatic heterocycles. The SMILES string of the molecule is CCCNc1ccnc(CN2CC(C)OCC2C)c1. The highest BCUT2D eigenvalue weighted by Gasteiger charge is 2.23. The minimum Gasteiger partial charge on any atom is -0.385 e. The molecule has 0 saturated carbocycles. The molecule has 1 aromatic heterocycles. The van der Waals surface area contributed by atoms with Gasteiger partial charge in [-0.15, -0.1) is 0 Å². The van der Waals surface area contributed by atoms with Crippen molar-refractivity contribution in [3.05, 3.63) is 24.0 Å². The fourth-order valence-corrected chi connectivity index (χ4v) is 2.34. The van der Waals surface area contributed by atoms with Crippen LogP contribution in [0.5, 0.6) is 0 Å². The molecule has 106 valence electrons. The van der Waals surface area contributed by atoms with Gasteiger partial charge in [-0.25, -0.2) is 0 Å². The summed E-state index contributed by atoms with van der Waals surface area (Å²) in [7, 11) is 0. The second kappa shape index (κ2) is 6.87. The zero-order chi connectivity index (χ0) is 13.7. The summed E-state index contributed by atoms with van der Waals surface area (Å²) in [5.74, 6) is 0. The number of ether oxygens (including phenoxy) is 1. The van der Waals surface area contributed by atoms with Crippen molar-refractivity contribution in [3.8, 4) is 0 Å². The van der Waals surface area contributed by atoms with Crippen molar-refractivity contribution < 1.29 is 4.74 Å². The van der Waals surface area contributed by atoms with Gasteiger partial charge in [0.05, 0.1) is 18.4 Å². The van der Waals surface area contributed by atoms with Gasteiger partial charge in [-0.1, -0.05) is 6.92 Å². The predicted molar refractivity (Wildman–Crippen MR) is 78.3 cm³/mol. The standard InChI is InChI=1S/C15H25N3O/c1-4-6-16-14-5-7-17-15(8-14)10-18-9-13(3)19-11-12(18)2/h5,7-8,12-13H,4,6,9-11H2,1-3H3,(H,16,17). The van der Waals surface area contributed by atoms with Crippen LogP contribution in [0.25, 0.3) is 0 Å². The molecule has 1 saturated heterocycles. The van der Waals surface area contributed by atoms with Crippen LogP contribution in [0.2, 0.25) is 0 Å². The Bertz CT molecular complexity index is 397. The second-order valence-electron chi connectivity index (χ2n) is 5.39. The van der Waals surface area contributed by atoms with E-state index < -0.39 is 0 Å². The van der Waals surface area contributed by atoms with E-state index in [2.05, 4.69) is 42.0 Å². The van der Waals surface area contributed by atoms with Gasteiger partial charge in [-0.2, -0.15) is 0 Å². The van der Waals surface area contributed by atoms with Gasteiger partial charge in [-0.3, -0.25) is 9.88 Å². The van der Waals surface area contributed by atoms with E-state index in [4.69, 9.17) is 4.74 Å². The molecule has 1 N–H and O–H groups in total. The van der Waals surface area contributed by atoms with E-state index in [1.807, 2.05) is 12.3 Å². The van der Waals surface area contributed by atoms with Crippen LogP contribution in [0.4, 0.5) is 5.69 Å². The molecule has 0 aliphatic carbocycles. The molecule has 0 aromatic carbocycles. The maximum Gasteiger partial charge on any atom is 0.0674 e. The summed E-state index contributed by atoms with van der Waals surface area (Å²) in [6, 6.07) is 4.65. The highest BCUT2D eigenvalue weighted by atomic mass is 16.5. The van der Waals surface area contributed by atoms with Gasteiger partial charge in [0.2, 0.25) is 0 Å². The Morgan fingerprint density at radius 1 is 1.47 bits per heavy atom. The molecule has 0 bridgehead atoms. The molecular weight excluding hydrogens is 238 g/mol. The number of morpholine rings is 1. The van der Waals surface area contributed by atoms with Crippen LogP contribution in [-0.2, 0) is 11.3 Å². The Balaban J connectivity index is 1.97. The summed E-state index contributed by atoms with van der Waals surface area (Å²) in [6.07, 6.45) is 3.34. The van der Waals surface area contributed by atoms with E-state index in [0.29, 0.717) is 12.1 Å². The van der Waals surface area contributed by atoms with Crippen LogP contribution < -0.4 is 5.32 Å². The first kappa shape index (κ1) is 14.3. The highest BCUT2D eigenvalue weighted by molar-refractivity contribution is 5.43. The van der Waals surface area contributed by atoms with Crippen molar-refractivity contribution in [2.45, 2.75) is 45.9 Å². The van der Waals surface area contributed by atoms with Crippen LogP contribution in [0.15, 0.2) is 18.3 Å². The zero-order valence-electron chi connectivity index (χ0n) is 12.2. The molecule has 0 amide bonds. The van der Waals surface area contributed by atoms with Crippen molar-refractivity contribution in [1.29, 1.82) is 0 Å². The van der Waals surface area contributed by atoms with Gasteiger partial charge in [0, 0.05) is 37.6 Å². The van der Waals surface area contributed by atoms with E-state index in [-0.39, 0.29) is 0 Å². The van der Waals surface area contributed by atoms with Gasteiger partial charge < -0.3 is 10.1 Å². The number of aromatic nitrogens is 1. The monoisotopic (exact) mass is 263 g/mol. The van der Waals surface area contributed by atoms with Crippen LogP contribution >= 0.6 is 0 Å². The van der Waals surface area contributed by atoms with Gasteiger partial charge in [-0.05, 0) is 32.4 Å². The van der Waals surface area contributed by atoms with Crippen LogP contribution in [0.1, 0.15) is 32.9 Å².